The first-order valence-electron chi connectivity index (χ1n) is 14.1. The van der Waals surface area contributed by atoms with Gasteiger partial charge >= 0.3 is 6.09 Å². The number of fused-ring (bicyclic) bond motifs is 2. The Hall–Kier alpha value is -4.46. The molecule has 1 N–H and O–H groups in total. The molecule has 5 aromatic heterocycles. The van der Waals surface area contributed by atoms with Gasteiger partial charge in [-0.2, -0.15) is 15.2 Å². The van der Waals surface area contributed by atoms with E-state index in [0.717, 1.165) is 5.69 Å². The molecule has 1 amide bonds. The summed E-state index contributed by atoms with van der Waals surface area (Å²) in [5.74, 6) is 1.69. The minimum atomic E-state index is -1.32. The van der Waals surface area contributed by atoms with Crippen molar-refractivity contribution in [2.45, 2.75) is 64.8 Å². The van der Waals surface area contributed by atoms with Crippen molar-refractivity contribution in [1.82, 2.24) is 43.8 Å². The van der Waals surface area contributed by atoms with E-state index in [4.69, 9.17) is 26.2 Å². The summed E-state index contributed by atoms with van der Waals surface area (Å²) in [4.78, 5) is 27.3. The zero-order chi connectivity index (χ0) is 31.6. The van der Waals surface area contributed by atoms with Gasteiger partial charge < -0.3 is 24.3 Å². The number of carbonyl (C=O) groups is 1. The SMILES string of the molecule is Cn1c(Nc2cc(C(C)(C)C)n(C3CN(C(=O)OC(C)(C)C)C[C@H]3F)n2)nc2ncc(Oc3cnn4ccncc34)c(Cl)c21. The quantitative estimate of drug-likeness (QED) is 0.257. The molecule has 2 atom stereocenters. The van der Waals surface area contributed by atoms with Crippen LogP contribution in [-0.2, 0) is 17.2 Å². The van der Waals surface area contributed by atoms with E-state index in [9.17, 15) is 4.79 Å². The Balaban J connectivity index is 1.28. The number of imidazole rings is 1. The van der Waals surface area contributed by atoms with Gasteiger partial charge in [-0.1, -0.05) is 32.4 Å². The lowest BCUT2D eigenvalue weighted by Gasteiger charge is -2.25. The average molecular weight is 625 g/mol. The summed E-state index contributed by atoms with van der Waals surface area (Å²) in [6.07, 6.45) is 6.21. The standard InChI is InChI=1S/C29H34ClFN10O3/c1-28(2,3)21-10-22(37-41(21)18-15-39(14-16(18)31)27(42)44-29(4,5)6)35-26-36-25-24(38(26)7)23(30)20(12-33-25)43-19-13-34-40-9-8-32-11-17(19)40/h8-13,16,18H,14-15H2,1-7H3,(H,33,35,36,37)/t16-,18?/m1/s1. The molecule has 0 radical (unpaired) electrons. The molecule has 0 bridgehead atoms. The van der Waals surface area contributed by atoms with Gasteiger partial charge in [0.2, 0.25) is 5.95 Å². The first-order chi connectivity index (χ1) is 20.7. The maximum absolute atomic E-state index is 15.4. The normalized spacial score (nSPS) is 17.5. The molecule has 15 heteroatoms. The second-order valence-corrected chi connectivity index (χ2v) is 13.2. The molecule has 1 unspecified atom stereocenters. The average Bonchev–Trinajstić information content (AvgIpc) is 3.70. The highest BCUT2D eigenvalue weighted by atomic mass is 35.5. The number of aromatic nitrogens is 8. The van der Waals surface area contributed by atoms with Gasteiger partial charge in [0.05, 0.1) is 25.1 Å². The lowest BCUT2D eigenvalue weighted by atomic mass is 9.91. The van der Waals surface area contributed by atoms with Crippen LogP contribution in [0.5, 0.6) is 11.5 Å². The highest BCUT2D eigenvalue weighted by Crippen LogP contribution is 2.38. The monoisotopic (exact) mass is 624 g/mol. The minimum absolute atomic E-state index is 0.0725. The van der Waals surface area contributed by atoms with E-state index in [1.807, 2.05) is 26.8 Å². The molecule has 44 heavy (non-hydrogen) atoms. The third-order valence-electron chi connectivity index (χ3n) is 7.24. The number of pyridine rings is 1. The van der Waals surface area contributed by atoms with Crippen LogP contribution in [0.25, 0.3) is 16.7 Å². The molecule has 6 heterocycles. The Labute approximate surface area is 257 Å². The zero-order valence-electron chi connectivity index (χ0n) is 25.5. The number of carbonyl (C=O) groups excluding carboxylic acids is 1. The number of nitrogens with zero attached hydrogens (tertiary/aromatic N) is 9. The van der Waals surface area contributed by atoms with Crippen molar-refractivity contribution in [2.75, 3.05) is 18.4 Å². The summed E-state index contributed by atoms with van der Waals surface area (Å²) in [5.41, 5.74) is 1.37. The van der Waals surface area contributed by atoms with Gasteiger partial charge in [-0.3, -0.25) is 9.67 Å². The summed E-state index contributed by atoms with van der Waals surface area (Å²) < 4.78 is 32.0. The summed E-state index contributed by atoms with van der Waals surface area (Å²) in [5, 5.41) is 12.6. The third kappa shape index (κ3) is 5.49. The number of alkyl halides is 1. The van der Waals surface area contributed by atoms with Crippen molar-refractivity contribution in [3.05, 3.63) is 47.8 Å². The van der Waals surface area contributed by atoms with Crippen LogP contribution in [0.4, 0.5) is 21.0 Å². The highest BCUT2D eigenvalue weighted by molar-refractivity contribution is 6.36. The molecule has 1 aliphatic heterocycles. The van der Waals surface area contributed by atoms with Crippen molar-refractivity contribution in [1.29, 1.82) is 0 Å². The van der Waals surface area contributed by atoms with Crippen LogP contribution in [0.2, 0.25) is 5.02 Å². The molecule has 1 aliphatic rings. The van der Waals surface area contributed by atoms with E-state index >= 15 is 4.39 Å². The Morgan fingerprint density at radius 1 is 1.11 bits per heavy atom. The molecule has 0 saturated carbocycles. The van der Waals surface area contributed by atoms with Gasteiger partial charge in [0.25, 0.3) is 0 Å². The first-order valence-corrected chi connectivity index (χ1v) is 14.5. The smallest absolute Gasteiger partial charge is 0.410 e. The Morgan fingerprint density at radius 3 is 2.61 bits per heavy atom. The second-order valence-electron chi connectivity index (χ2n) is 12.8. The molecular weight excluding hydrogens is 591 g/mol. The van der Waals surface area contributed by atoms with Gasteiger partial charge in [0.15, 0.2) is 23.0 Å². The van der Waals surface area contributed by atoms with E-state index in [2.05, 4.69) is 25.4 Å². The molecule has 13 nitrogen and oxygen atoms in total. The summed E-state index contributed by atoms with van der Waals surface area (Å²) in [7, 11) is 1.79. The van der Waals surface area contributed by atoms with Crippen molar-refractivity contribution in [3.8, 4) is 11.5 Å². The van der Waals surface area contributed by atoms with Crippen molar-refractivity contribution in [2.24, 2.45) is 7.05 Å². The summed E-state index contributed by atoms with van der Waals surface area (Å²) in [6.45, 7) is 11.5. The maximum atomic E-state index is 15.4. The number of ether oxygens (including phenoxy) is 2. The number of amides is 1. The van der Waals surface area contributed by atoms with Crippen LogP contribution in [0.15, 0.2) is 37.1 Å². The Kier molecular flexibility index (Phi) is 7.14. The predicted molar refractivity (Wildman–Crippen MR) is 163 cm³/mol. The van der Waals surface area contributed by atoms with Crippen LogP contribution in [0.3, 0.4) is 0 Å². The molecule has 6 rings (SSSR count). The zero-order valence-corrected chi connectivity index (χ0v) is 26.3. The van der Waals surface area contributed by atoms with Crippen LogP contribution >= 0.6 is 11.6 Å². The van der Waals surface area contributed by atoms with Gasteiger partial charge in [-0.25, -0.2) is 18.7 Å². The molecule has 0 aliphatic carbocycles. The number of hydrogen-bond acceptors (Lipinski definition) is 9. The van der Waals surface area contributed by atoms with E-state index < -0.39 is 23.9 Å². The van der Waals surface area contributed by atoms with E-state index in [-0.39, 0.29) is 18.5 Å². The minimum Gasteiger partial charge on any atom is -0.450 e. The maximum Gasteiger partial charge on any atom is 0.410 e. The molecule has 0 spiro atoms. The van der Waals surface area contributed by atoms with Gasteiger partial charge in [0, 0.05) is 43.2 Å². The van der Waals surface area contributed by atoms with Crippen LogP contribution < -0.4 is 10.1 Å². The molecule has 1 saturated heterocycles. The van der Waals surface area contributed by atoms with Gasteiger partial charge in [-0.15, -0.1) is 0 Å². The van der Waals surface area contributed by atoms with E-state index in [1.54, 1.807) is 66.4 Å². The lowest BCUT2D eigenvalue weighted by molar-refractivity contribution is 0.0281. The molecule has 5 aromatic rings. The number of hydrogen-bond donors (Lipinski definition) is 1. The third-order valence-corrected chi connectivity index (χ3v) is 7.61. The number of nitrogens with one attached hydrogen (secondary N) is 1. The van der Waals surface area contributed by atoms with Crippen LogP contribution in [0.1, 0.15) is 53.3 Å². The Morgan fingerprint density at radius 2 is 1.89 bits per heavy atom. The molecule has 0 aromatic carbocycles. The number of anilines is 2. The lowest BCUT2D eigenvalue weighted by Crippen LogP contribution is -2.36. The number of aryl methyl sites for hydroxylation is 1. The first kappa shape index (κ1) is 29.6. The second kappa shape index (κ2) is 10.6. The fourth-order valence-corrected chi connectivity index (χ4v) is 5.44. The largest absolute Gasteiger partial charge is 0.450 e. The Bertz CT molecular complexity index is 1870. The van der Waals surface area contributed by atoms with Crippen molar-refractivity contribution < 1.29 is 18.7 Å². The van der Waals surface area contributed by atoms with E-state index in [0.29, 0.717) is 45.0 Å². The van der Waals surface area contributed by atoms with Crippen molar-refractivity contribution >= 4 is 46.1 Å². The highest BCUT2D eigenvalue weighted by Gasteiger charge is 2.41. The van der Waals surface area contributed by atoms with Crippen LogP contribution in [-0.4, -0.2) is 74.8 Å². The van der Waals surface area contributed by atoms with E-state index in [1.165, 1.54) is 11.1 Å². The van der Waals surface area contributed by atoms with Crippen LogP contribution in [0, 0.1) is 0 Å². The number of halogens is 2. The number of rotatable bonds is 5. The van der Waals surface area contributed by atoms with Gasteiger partial charge in [0.1, 0.15) is 33.9 Å². The molecule has 1 fully saturated rings. The predicted octanol–water partition coefficient (Wildman–Crippen LogP) is 5.82. The molecular formula is C29H34ClFN10O3. The fraction of sp³-hybridized carbons (Fsp3) is 0.448. The summed E-state index contributed by atoms with van der Waals surface area (Å²) in [6, 6.07) is 1.18. The number of likely N-dealkylation sites (tertiary alicyclic amines) is 1. The summed E-state index contributed by atoms with van der Waals surface area (Å²) >= 11 is 6.80. The van der Waals surface area contributed by atoms with Crippen molar-refractivity contribution in [3.63, 3.8) is 0 Å². The van der Waals surface area contributed by atoms with Gasteiger partial charge in [-0.05, 0) is 20.8 Å². The topological polar surface area (TPSA) is 130 Å². The fourth-order valence-electron chi connectivity index (χ4n) is 5.14. The molecule has 232 valence electrons.